The maximum atomic E-state index is 13.0. The number of nitrogens with one attached hydrogen (secondary N) is 1. The summed E-state index contributed by atoms with van der Waals surface area (Å²) >= 11 is 5.85. The van der Waals surface area contributed by atoms with Gasteiger partial charge in [-0.05, 0) is 32.1 Å². The fourth-order valence-corrected chi connectivity index (χ4v) is 2.90. The summed E-state index contributed by atoms with van der Waals surface area (Å²) in [5, 5.41) is 2.96. The summed E-state index contributed by atoms with van der Waals surface area (Å²) in [5.41, 5.74) is -0.251. The predicted octanol–water partition coefficient (Wildman–Crippen LogP) is 3.09. The lowest BCUT2D eigenvalue weighted by atomic mass is 9.77. The van der Waals surface area contributed by atoms with Crippen molar-refractivity contribution in [3.05, 3.63) is 0 Å². The first kappa shape index (κ1) is 13.1. The van der Waals surface area contributed by atoms with Gasteiger partial charge in [0.15, 0.2) is 0 Å². The highest BCUT2D eigenvalue weighted by Crippen LogP contribution is 2.38. The van der Waals surface area contributed by atoms with Crippen LogP contribution in [0.2, 0.25) is 0 Å². The van der Waals surface area contributed by atoms with Crippen molar-refractivity contribution in [2.45, 2.75) is 56.4 Å². The van der Waals surface area contributed by atoms with Gasteiger partial charge >= 0.3 is 0 Å². The standard InChI is InChI=1S/C12H18ClF2NO/c13-8-11(4-1-5-11)16-10(17)9-2-6-12(14,15)7-3-9/h9H,1-8H2,(H,16,17). The van der Waals surface area contributed by atoms with Crippen LogP contribution in [0.3, 0.4) is 0 Å². The minimum atomic E-state index is -2.57. The van der Waals surface area contributed by atoms with Gasteiger partial charge in [0.05, 0.1) is 5.54 Å². The third-order valence-electron chi connectivity index (χ3n) is 4.04. The van der Waals surface area contributed by atoms with Gasteiger partial charge in [0.1, 0.15) is 0 Å². The lowest BCUT2D eigenvalue weighted by Crippen LogP contribution is -2.56. The first-order chi connectivity index (χ1) is 7.96. The number of carbonyl (C=O) groups is 1. The molecule has 0 aromatic rings. The van der Waals surface area contributed by atoms with Gasteiger partial charge in [-0.2, -0.15) is 0 Å². The Bertz CT molecular complexity index is 289. The van der Waals surface area contributed by atoms with Crippen molar-refractivity contribution in [3.63, 3.8) is 0 Å². The molecule has 5 heteroatoms. The molecule has 0 aliphatic heterocycles. The molecule has 1 amide bonds. The van der Waals surface area contributed by atoms with Crippen molar-refractivity contribution >= 4 is 17.5 Å². The Kier molecular flexibility index (Phi) is 3.62. The van der Waals surface area contributed by atoms with Gasteiger partial charge in [0.25, 0.3) is 0 Å². The van der Waals surface area contributed by atoms with E-state index < -0.39 is 5.92 Å². The molecule has 0 heterocycles. The largest absolute Gasteiger partial charge is 0.349 e. The number of alkyl halides is 3. The van der Waals surface area contributed by atoms with E-state index in [2.05, 4.69) is 5.32 Å². The zero-order valence-electron chi connectivity index (χ0n) is 9.78. The van der Waals surface area contributed by atoms with Crippen molar-refractivity contribution in [1.29, 1.82) is 0 Å². The van der Waals surface area contributed by atoms with Crippen molar-refractivity contribution < 1.29 is 13.6 Å². The van der Waals surface area contributed by atoms with E-state index in [1.165, 1.54) is 0 Å². The molecule has 0 atom stereocenters. The molecule has 17 heavy (non-hydrogen) atoms. The second-order valence-corrected chi connectivity index (χ2v) is 5.65. The number of rotatable bonds is 3. The minimum Gasteiger partial charge on any atom is -0.349 e. The molecule has 98 valence electrons. The van der Waals surface area contributed by atoms with Crippen molar-refractivity contribution in [2.75, 3.05) is 5.88 Å². The normalized spacial score (nSPS) is 27.2. The highest BCUT2D eigenvalue weighted by molar-refractivity contribution is 6.18. The van der Waals surface area contributed by atoms with Crippen LogP contribution in [0, 0.1) is 5.92 Å². The van der Waals surface area contributed by atoms with Crippen LogP contribution in [0.25, 0.3) is 0 Å². The van der Waals surface area contributed by atoms with Gasteiger partial charge in [0.2, 0.25) is 11.8 Å². The Morgan fingerprint density at radius 1 is 1.24 bits per heavy atom. The lowest BCUT2D eigenvalue weighted by molar-refractivity contribution is -0.131. The van der Waals surface area contributed by atoms with Crippen molar-refractivity contribution in [1.82, 2.24) is 5.32 Å². The highest BCUT2D eigenvalue weighted by Gasteiger charge is 2.41. The van der Waals surface area contributed by atoms with Crippen LogP contribution < -0.4 is 5.32 Å². The third-order valence-corrected chi connectivity index (χ3v) is 4.55. The predicted molar refractivity (Wildman–Crippen MR) is 62.3 cm³/mol. The number of carbonyl (C=O) groups excluding carboxylic acids is 1. The lowest BCUT2D eigenvalue weighted by Gasteiger charge is -2.42. The van der Waals surface area contributed by atoms with Gasteiger partial charge in [-0.25, -0.2) is 8.78 Å². The Morgan fingerprint density at radius 2 is 1.82 bits per heavy atom. The molecule has 0 radical (unpaired) electrons. The van der Waals surface area contributed by atoms with E-state index in [-0.39, 0.29) is 43.0 Å². The Morgan fingerprint density at radius 3 is 2.24 bits per heavy atom. The van der Waals surface area contributed by atoms with Crippen molar-refractivity contribution in [3.8, 4) is 0 Å². The second kappa shape index (κ2) is 4.71. The van der Waals surface area contributed by atoms with Gasteiger partial charge in [0, 0.05) is 24.6 Å². The van der Waals surface area contributed by atoms with Crippen LogP contribution in [0.5, 0.6) is 0 Å². The molecule has 0 bridgehead atoms. The summed E-state index contributed by atoms with van der Waals surface area (Å²) < 4.78 is 25.9. The Hall–Kier alpha value is -0.380. The molecule has 0 aromatic heterocycles. The molecule has 2 nitrogen and oxygen atoms in total. The smallest absolute Gasteiger partial charge is 0.248 e. The maximum absolute atomic E-state index is 13.0. The van der Waals surface area contributed by atoms with Crippen LogP contribution >= 0.6 is 11.6 Å². The van der Waals surface area contributed by atoms with Gasteiger partial charge in [-0.1, -0.05) is 0 Å². The molecule has 2 rings (SSSR count). The zero-order chi connectivity index (χ0) is 12.5. The number of hydrogen-bond donors (Lipinski definition) is 1. The fraction of sp³-hybridized carbons (Fsp3) is 0.917. The maximum Gasteiger partial charge on any atom is 0.248 e. The van der Waals surface area contributed by atoms with Crippen LogP contribution in [0.1, 0.15) is 44.9 Å². The van der Waals surface area contributed by atoms with E-state index in [0.717, 1.165) is 19.3 Å². The topological polar surface area (TPSA) is 29.1 Å². The molecule has 2 fully saturated rings. The monoisotopic (exact) mass is 265 g/mol. The Balaban J connectivity index is 1.85. The van der Waals surface area contributed by atoms with Crippen LogP contribution in [-0.2, 0) is 4.79 Å². The first-order valence-electron chi connectivity index (χ1n) is 6.22. The Labute approximate surface area is 105 Å². The van der Waals surface area contributed by atoms with Gasteiger partial charge < -0.3 is 5.32 Å². The van der Waals surface area contributed by atoms with Crippen LogP contribution in [-0.4, -0.2) is 23.2 Å². The van der Waals surface area contributed by atoms with Crippen LogP contribution in [0.15, 0.2) is 0 Å². The summed E-state index contributed by atoms with van der Waals surface area (Å²) in [7, 11) is 0. The second-order valence-electron chi connectivity index (χ2n) is 5.39. The molecule has 0 aromatic carbocycles. The van der Waals surface area contributed by atoms with Crippen LogP contribution in [0.4, 0.5) is 8.78 Å². The number of halogens is 3. The third kappa shape index (κ3) is 2.90. The number of amides is 1. The quantitative estimate of drug-likeness (QED) is 0.781. The SMILES string of the molecule is O=C(NC1(CCl)CCC1)C1CCC(F)(F)CC1. The van der Waals surface area contributed by atoms with Crippen molar-refractivity contribution in [2.24, 2.45) is 5.92 Å². The summed E-state index contributed by atoms with van der Waals surface area (Å²) in [6.45, 7) is 0. The minimum absolute atomic E-state index is 0.0825. The highest BCUT2D eigenvalue weighted by atomic mass is 35.5. The summed E-state index contributed by atoms with van der Waals surface area (Å²) in [5.74, 6) is -2.49. The molecule has 1 N–H and O–H groups in total. The summed E-state index contributed by atoms with van der Waals surface area (Å²) in [4.78, 5) is 12.0. The van der Waals surface area contributed by atoms with E-state index in [0.29, 0.717) is 5.88 Å². The van der Waals surface area contributed by atoms with E-state index in [1.54, 1.807) is 0 Å². The van der Waals surface area contributed by atoms with E-state index >= 15 is 0 Å². The molecule has 0 spiro atoms. The van der Waals surface area contributed by atoms with E-state index in [9.17, 15) is 13.6 Å². The molecular formula is C12H18ClF2NO. The fourth-order valence-electron chi connectivity index (χ4n) is 2.56. The van der Waals surface area contributed by atoms with E-state index in [1.807, 2.05) is 0 Å². The number of hydrogen-bond acceptors (Lipinski definition) is 1. The molecule has 0 unspecified atom stereocenters. The molecule has 2 aliphatic rings. The average Bonchev–Trinajstić information content (AvgIpc) is 2.23. The van der Waals surface area contributed by atoms with Gasteiger partial charge in [-0.3, -0.25) is 4.79 Å². The van der Waals surface area contributed by atoms with Gasteiger partial charge in [-0.15, -0.1) is 11.6 Å². The molecule has 0 saturated heterocycles. The summed E-state index contributed by atoms with van der Waals surface area (Å²) in [6, 6.07) is 0. The van der Waals surface area contributed by atoms with E-state index in [4.69, 9.17) is 11.6 Å². The first-order valence-corrected chi connectivity index (χ1v) is 6.76. The summed E-state index contributed by atoms with van der Waals surface area (Å²) in [6.07, 6.45) is 3.14. The molecular weight excluding hydrogens is 248 g/mol. The average molecular weight is 266 g/mol. The zero-order valence-corrected chi connectivity index (χ0v) is 10.5. The molecule has 2 saturated carbocycles. The molecule has 2 aliphatic carbocycles.